The molecule has 11 rings (SSSR count). The first-order valence-corrected chi connectivity index (χ1v) is 27.9. The molecule has 2 bridgehead atoms. The number of aromatic hydroxyl groups is 1. The van der Waals surface area contributed by atoms with Gasteiger partial charge < -0.3 is 59.8 Å². The maximum absolute atomic E-state index is 14.4. The van der Waals surface area contributed by atoms with Crippen molar-refractivity contribution in [2.24, 2.45) is 11.8 Å². The van der Waals surface area contributed by atoms with Crippen molar-refractivity contribution in [1.29, 1.82) is 5.26 Å². The standard InChI is InChI=1S/C58H71FN12O7/c1-34(2)55(58(75)70-33-42(72)24-50(70)57(74)63-35(3)37-8-9-38(29-60)47(59)22-37)52-28-53(66-78-52)68-20-13-36(14-21-68)30-67-18-15-43(16-19-67)76-44-25-45(26-44)77-54-23-39(12-17-62-54)71-40-10-11-41(71)32-69(31-40)49-27-48(64-65-56(49)61)46-6-4-5-7-51(46)73/h4-9,12,17,22-23,27-28,34-36,40-45,50,55,72-73H,10-11,13-16,18-21,24-26,30-33H2,1-3H3,(H2,61,65)(H,63,74)/t35?,40?,41?,42-,44-,45-,50+,55-/m1/s1. The lowest BCUT2D eigenvalue weighted by Gasteiger charge is -2.43. The number of aliphatic hydroxyl groups is 1. The summed E-state index contributed by atoms with van der Waals surface area (Å²) in [4.78, 5) is 43.6. The molecule has 78 heavy (non-hydrogen) atoms. The van der Waals surface area contributed by atoms with Crippen LogP contribution in [-0.4, -0.2) is 147 Å². The molecule has 8 heterocycles. The number of hydrogen-bond acceptors (Lipinski definition) is 17. The largest absolute Gasteiger partial charge is 0.507 e. The van der Waals surface area contributed by atoms with Crippen molar-refractivity contribution in [2.45, 2.75) is 133 Å². The third kappa shape index (κ3) is 11.3. The molecular weight excluding hydrogens is 996 g/mol. The van der Waals surface area contributed by atoms with Crippen molar-refractivity contribution < 1.29 is 38.2 Å². The number of halogens is 1. The van der Waals surface area contributed by atoms with Crippen LogP contribution in [0.5, 0.6) is 11.6 Å². The molecule has 6 aliphatic rings. The minimum atomic E-state index is -0.922. The lowest BCUT2D eigenvalue weighted by Crippen LogP contribution is -2.54. The van der Waals surface area contributed by atoms with Crippen LogP contribution in [0, 0.1) is 29.0 Å². The number of likely N-dealkylation sites (tertiary alicyclic amines) is 2. The Hall–Kier alpha value is -7.08. The van der Waals surface area contributed by atoms with Gasteiger partial charge in [0.25, 0.3) is 0 Å². The van der Waals surface area contributed by atoms with Gasteiger partial charge in [0.15, 0.2) is 17.4 Å². The molecule has 5 N–H and O–H groups in total. The summed E-state index contributed by atoms with van der Waals surface area (Å²) in [6.07, 6.45) is 9.48. The number of nitrogens with two attached hydrogens (primary N) is 1. The number of nitrogens with one attached hydrogen (secondary N) is 1. The molecule has 2 amide bonds. The second-order valence-corrected chi connectivity index (χ2v) is 22.8. The highest BCUT2D eigenvalue weighted by Crippen LogP contribution is 2.41. The molecular formula is C58H71FN12O7. The Morgan fingerprint density at radius 1 is 0.885 bits per heavy atom. The Morgan fingerprint density at radius 2 is 1.64 bits per heavy atom. The van der Waals surface area contributed by atoms with E-state index in [1.165, 1.54) is 17.0 Å². The van der Waals surface area contributed by atoms with Crippen LogP contribution in [0.2, 0.25) is 0 Å². The zero-order valence-corrected chi connectivity index (χ0v) is 44.7. The first-order chi connectivity index (χ1) is 37.7. The summed E-state index contributed by atoms with van der Waals surface area (Å²) in [5.41, 5.74) is 9.97. The zero-order valence-electron chi connectivity index (χ0n) is 44.7. The highest BCUT2D eigenvalue weighted by Gasteiger charge is 2.45. The van der Waals surface area contributed by atoms with E-state index in [-0.39, 0.29) is 54.4 Å². The number of piperidine rings is 2. The van der Waals surface area contributed by atoms with Gasteiger partial charge in [0.05, 0.1) is 41.3 Å². The number of para-hydroxylation sites is 1. The highest BCUT2D eigenvalue weighted by molar-refractivity contribution is 5.91. The number of carbonyl (C=O) groups excluding carboxylic acids is 2. The number of rotatable bonds is 16. The number of fused-ring (bicyclic) bond motifs is 2. The number of piperazine rings is 1. The lowest BCUT2D eigenvalue weighted by molar-refractivity contribution is -0.141. The van der Waals surface area contributed by atoms with E-state index in [1.54, 1.807) is 31.2 Å². The summed E-state index contributed by atoms with van der Waals surface area (Å²) >= 11 is 0. The topological polar surface area (TPSA) is 236 Å². The van der Waals surface area contributed by atoms with E-state index in [1.807, 2.05) is 44.3 Å². The molecule has 5 aromatic rings. The summed E-state index contributed by atoms with van der Waals surface area (Å²) in [5.74, 6) is 0.528. The number of pyridine rings is 1. The molecule has 5 saturated heterocycles. The normalized spacial score (nSPS) is 24.7. The number of aromatic nitrogens is 4. The van der Waals surface area contributed by atoms with E-state index in [4.69, 9.17) is 25.0 Å². The van der Waals surface area contributed by atoms with E-state index < -0.39 is 35.8 Å². The minimum absolute atomic E-state index is 0.00369. The van der Waals surface area contributed by atoms with E-state index in [9.17, 15) is 24.2 Å². The number of anilines is 4. The quantitative estimate of drug-likeness (QED) is 0.0818. The Balaban J connectivity index is 0.601. The number of nitrogens with zero attached hydrogens (tertiary/aromatic N) is 10. The van der Waals surface area contributed by atoms with Crippen LogP contribution in [0.25, 0.3) is 11.3 Å². The maximum Gasteiger partial charge on any atom is 0.243 e. The maximum atomic E-state index is 14.4. The fourth-order valence-electron chi connectivity index (χ4n) is 12.8. The van der Waals surface area contributed by atoms with Gasteiger partial charge in [-0.25, -0.2) is 9.37 Å². The number of β-amino-alcohol motifs (C(OH)–C–C–N with tert-alkyl or cyclic N) is 1. The van der Waals surface area contributed by atoms with Gasteiger partial charge in [0.2, 0.25) is 17.7 Å². The fraction of sp³-hybridized carbons (Fsp3) is 0.534. The molecule has 412 valence electrons. The molecule has 20 heteroatoms. The van der Waals surface area contributed by atoms with Crippen molar-refractivity contribution >= 4 is 34.8 Å². The summed E-state index contributed by atoms with van der Waals surface area (Å²) in [6, 6.07) is 20.2. The van der Waals surface area contributed by atoms with Crippen LogP contribution in [0.3, 0.4) is 0 Å². The number of phenolic OH excluding ortho intramolecular Hbond substituents is 1. The van der Waals surface area contributed by atoms with Crippen molar-refractivity contribution in [2.75, 3.05) is 72.8 Å². The van der Waals surface area contributed by atoms with Gasteiger partial charge in [-0.2, -0.15) is 5.26 Å². The predicted molar refractivity (Wildman–Crippen MR) is 290 cm³/mol. The number of nitriles is 1. The van der Waals surface area contributed by atoms with Crippen molar-refractivity contribution in [3.05, 3.63) is 95.6 Å². The van der Waals surface area contributed by atoms with Crippen molar-refractivity contribution in [1.82, 2.24) is 35.5 Å². The van der Waals surface area contributed by atoms with Crippen molar-refractivity contribution in [3.8, 4) is 29.0 Å². The van der Waals surface area contributed by atoms with E-state index in [0.29, 0.717) is 58.1 Å². The van der Waals surface area contributed by atoms with Gasteiger partial charge in [0.1, 0.15) is 35.7 Å². The number of hydrogen-bond donors (Lipinski definition) is 4. The number of nitrogen functional groups attached to an aromatic ring is 1. The number of carbonyl (C=O) groups is 2. The molecule has 6 fully saturated rings. The fourth-order valence-corrected chi connectivity index (χ4v) is 12.8. The van der Waals surface area contributed by atoms with Gasteiger partial charge >= 0.3 is 0 Å². The van der Waals surface area contributed by atoms with Crippen LogP contribution in [-0.2, 0) is 14.3 Å². The van der Waals surface area contributed by atoms with Gasteiger partial charge in [-0.3, -0.25) is 9.59 Å². The first kappa shape index (κ1) is 52.9. The Morgan fingerprint density at radius 3 is 2.36 bits per heavy atom. The average Bonchev–Trinajstić information content (AvgIpc) is 4.23. The summed E-state index contributed by atoms with van der Waals surface area (Å²) in [7, 11) is 0. The zero-order chi connectivity index (χ0) is 54.2. The molecule has 5 aliphatic heterocycles. The molecule has 19 nitrogen and oxygen atoms in total. The van der Waals surface area contributed by atoms with Crippen LogP contribution < -0.4 is 30.5 Å². The van der Waals surface area contributed by atoms with Gasteiger partial charge in [0, 0.05) is 113 Å². The third-order valence-corrected chi connectivity index (χ3v) is 17.1. The SMILES string of the molecule is CC(NC(=O)[C@@H]1C[C@@H](O)CN1C(=O)[C@@H](c1cc(N2CCC(CN3CCC(O[C@H]4C[C@H](Oc5cc(N6C7CCC6CN(c6cc(-c8ccccc8O)nnc6N)C7)ccn5)C4)CC3)CC2)no1)C(C)C)c1ccc(C#N)c(F)c1. The van der Waals surface area contributed by atoms with E-state index >= 15 is 0 Å². The minimum Gasteiger partial charge on any atom is -0.507 e. The van der Waals surface area contributed by atoms with Crippen molar-refractivity contribution in [3.63, 3.8) is 0 Å². The number of benzene rings is 2. The first-order valence-electron chi connectivity index (χ1n) is 27.9. The second kappa shape index (κ2) is 22.7. The molecule has 0 radical (unpaired) electrons. The monoisotopic (exact) mass is 1070 g/mol. The van der Waals surface area contributed by atoms with E-state index in [2.05, 4.69) is 57.4 Å². The number of amides is 2. The number of phenols is 1. The molecule has 3 aromatic heterocycles. The Bertz CT molecular complexity index is 2970. The predicted octanol–water partition coefficient (Wildman–Crippen LogP) is 6.57. The van der Waals surface area contributed by atoms with Gasteiger partial charge in [-0.1, -0.05) is 37.2 Å². The highest BCUT2D eigenvalue weighted by atomic mass is 19.1. The number of aliphatic hydroxyl groups excluding tert-OH is 1. The summed E-state index contributed by atoms with van der Waals surface area (Å²) < 4.78 is 33.3. The third-order valence-electron chi connectivity index (χ3n) is 17.1. The van der Waals surface area contributed by atoms with Gasteiger partial charge in [-0.05, 0) is 99.2 Å². The van der Waals surface area contributed by atoms with Crippen LogP contribution >= 0.6 is 0 Å². The smallest absolute Gasteiger partial charge is 0.243 e. The van der Waals surface area contributed by atoms with Crippen LogP contribution in [0.1, 0.15) is 107 Å². The summed E-state index contributed by atoms with van der Waals surface area (Å²) in [6.45, 7) is 11.9. The lowest BCUT2D eigenvalue weighted by atomic mass is 9.91. The Labute approximate surface area is 454 Å². The second-order valence-electron chi connectivity index (χ2n) is 22.8. The molecule has 6 atom stereocenters. The van der Waals surface area contributed by atoms with Crippen LogP contribution in [0.4, 0.5) is 27.4 Å². The average molecular weight is 1070 g/mol. The molecule has 0 spiro atoms. The van der Waals surface area contributed by atoms with Crippen LogP contribution in [0.15, 0.2) is 77.4 Å². The van der Waals surface area contributed by atoms with Gasteiger partial charge in [-0.15, -0.1) is 10.2 Å². The summed E-state index contributed by atoms with van der Waals surface area (Å²) in [5, 5.41) is 46.1. The molecule has 3 unspecified atom stereocenters. The van der Waals surface area contributed by atoms with E-state index in [0.717, 1.165) is 109 Å². The molecule has 1 saturated carbocycles. The Kier molecular flexibility index (Phi) is 15.4. The molecule has 2 aromatic carbocycles. The number of ether oxygens (including phenoxy) is 2. The molecule has 1 aliphatic carbocycles.